The number of carbonyl (C=O) groups excluding carboxylic acids is 2. The molecular formula is C15H17NO6S. The van der Waals surface area contributed by atoms with Crippen molar-refractivity contribution in [2.24, 2.45) is 4.99 Å². The normalized spacial score (nSPS) is 19.8. The van der Waals surface area contributed by atoms with Crippen LogP contribution in [-0.2, 0) is 19.1 Å². The molecule has 7 nitrogen and oxygen atoms in total. The highest BCUT2D eigenvalue weighted by Crippen LogP contribution is 2.35. The van der Waals surface area contributed by atoms with Crippen LogP contribution in [0.5, 0.6) is 11.5 Å². The Morgan fingerprint density at radius 1 is 1.35 bits per heavy atom. The third-order valence-corrected chi connectivity index (χ3v) is 4.32. The van der Waals surface area contributed by atoms with Crippen molar-refractivity contribution in [1.82, 2.24) is 0 Å². The molecule has 124 valence electrons. The van der Waals surface area contributed by atoms with Crippen molar-refractivity contribution < 1.29 is 28.9 Å². The van der Waals surface area contributed by atoms with Gasteiger partial charge in [-0.05, 0) is 19.1 Å². The van der Waals surface area contributed by atoms with Crippen molar-refractivity contribution in [2.45, 2.75) is 19.1 Å². The van der Waals surface area contributed by atoms with Crippen LogP contribution < -0.4 is 4.74 Å². The van der Waals surface area contributed by atoms with E-state index in [4.69, 9.17) is 9.47 Å². The summed E-state index contributed by atoms with van der Waals surface area (Å²) in [5.74, 6) is 1.04. The molecule has 1 aromatic rings. The highest BCUT2D eigenvalue weighted by molar-refractivity contribution is 8.14. The van der Waals surface area contributed by atoms with Gasteiger partial charge in [-0.3, -0.25) is 9.59 Å². The van der Waals surface area contributed by atoms with E-state index in [-0.39, 0.29) is 12.4 Å². The Morgan fingerprint density at radius 3 is 2.87 bits per heavy atom. The maximum Gasteiger partial charge on any atom is 0.295 e. The molecule has 1 N–H and O–H groups in total. The van der Waals surface area contributed by atoms with Crippen LogP contribution in [0.15, 0.2) is 23.2 Å². The lowest BCUT2D eigenvalue weighted by Gasteiger charge is -2.16. The number of benzene rings is 1. The van der Waals surface area contributed by atoms with Gasteiger partial charge >= 0.3 is 0 Å². The minimum absolute atomic E-state index is 0.0354. The Kier molecular flexibility index (Phi) is 5.86. The van der Waals surface area contributed by atoms with E-state index < -0.39 is 5.72 Å². The number of hydrogen-bond acceptors (Lipinski definition) is 8. The smallest absolute Gasteiger partial charge is 0.295 e. The van der Waals surface area contributed by atoms with Crippen molar-refractivity contribution >= 4 is 29.8 Å². The fraction of sp³-hybridized carbons (Fsp3) is 0.400. The molecule has 0 unspecified atom stereocenters. The predicted molar refractivity (Wildman–Crippen MR) is 84.8 cm³/mol. The molecule has 0 bridgehead atoms. The van der Waals surface area contributed by atoms with Crippen LogP contribution in [0.25, 0.3) is 0 Å². The first kappa shape index (κ1) is 17.1. The Bertz CT molecular complexity index is 606. The first-order chi connectivity index (χ1) is 11.1. The minimum Gasteiger partial charge on any atom is -0.507 e. The van der Waals surface area contributed by atoms with Crippen molar-refractivity contribution in [3.05, 3.63) is 23.8 Å². The molecule has 0 fully saturated rings. The number of aliphatic imine (C=N–C) groups is 1. The van der Waals surface area contributed by atoms with Gasteiger partial charge in [0.25, 0.3) is 12.9 Å². The lowest BCUT2D eigenvalue weighted by atomic mass is 10.2. The zero-order valence-corrected chi connectivity index (χ0v) is 13.4. The molecule has 1 atom stereocenters. The molecule has 0 spiro atoms. The number of hydrogen-bond donors (Lipinski definition) is 1. The maximum absolute atomic E-state index is 10.5. The van der Waals surface area contributed by atoms with Crippen molar-refractivity contribution in [2.75, 3.05) is 19.0 Å². The molecule has 0 amide bonds. The number of ether oxygens (including phenoxy) is 3. The van der Waals surface area contributed by atoms with Gasteiger partial charge in [-0.15, -0.1) is 0 Å². The molecule has 1 aliphatic rings. The number of thioether (sulfide) groups is 1. The van der Waals surface area contributed by atoms with Gasteiger partial charge in [-0.1, -0.05) is 11.8 Å². The zero-order chi connectivity index (χ0) is 16.7. The van der Waals surface area contributed by atoms with Gasteiger partial charge in [-0.25, -0.2) is 4.99 Å². The van der Waals surface area contributed by atoms with Gasteiger partial charge in [-0.2, -0.15) is 0 Å². The van der Waals surface area contributed by atoms with E-state index in [0.29, 0.717) is 48.1 Å². The summed E-state index contributed by atoms with van der Waals surface area (Å²) in [7, 11) is 0. The summed E-state index contributed by atoms with van der Waals surface area (Å²) < 4.78 is 15.0. The van der Waals surface area contributed by atoms with Crippen LogP contribution in [0.1, 0.15) is 18.9 Å². The van der Waals surface area contributed by atoms with E-state index in [0.717, 1.165) is 0 Å². The highest BCUT2D eigenvalue weighted by Gasteiger charge is 2.33. The van der Waals surface area contributed by atoms with E-state index >= 15 is 0 Å². The number of aromatic hydroxyl groups is 1. The number of carbonyl (C=O) groups is 2. The molecular weight excluding hydrogens is 322 g/mol. The van der Waals surface area contributed by atoms with Gasteiger partial charge in [0.05, 0.1) is 19.0 Å². The van der Waals surface area contributed by atoms with Crippen LogP contribution in [0.4, 0.5) is 0 Å². The molecule has 0 aliphatic carbocycles. The maximum atomic E-state index is 10.5. The third-order valence-electron chi connectivity index (χ3n) is 3.06. The summed E-state index contributed by atoms with van der Waals surface area (Å²) in [6.45, 7) is 3.13. The van der Waals surface area contributed by atoms with Gasteiger partial charge in [0, 0.05) is 18.1 Å². The fourth-order valence-electron chi connectivity index (χ4n) is 1.95. The molecule has 1 heterocycles. The standard InChI is InChI=1S/C15H17NO6S/c1-15(22-10-18)8-23-14(16-15)12-4-3-11(7-13(12)19)21-6-2-5-20-9-17/h3-4,7,9-10,19H,2,5-6,8H2,1H3/t15-/m0/s1. The van der Waals surface area contributed by atoms with Crippen LogP contribution in [0.2, 0.25) is 0 Å². The summed E-state index contributed by atoms with van der Waals surface area (Å²) in [6, 6.07) is 4.91. The van der Waals surface area contributed by atoms with Gasteiger partial charge in [0.2, 0.25) is 5.72 Å². The Labute approximate surface area is 137 Å². The molecule has 0 saturated heterocycles. The van der Waals surface area contributed by atoms with Crippen molar-refractivity contribution in [1.29, 1.82) is 0 Å². The lowest BCUT2D eigenvalue weighted by Crippen LogP contribution is -2.25. The number of nitrogens with zero attached hydrogens (tertiary/aromatic N) is 1. The summed E-state index contributed by atoms with van der Waals surface area (Å²) in [5.41, 5.74) is -0.341. The van der Waals surface area contributed by atoms with Gasteiger partial charge in [0.1, 0.15) is 16.5 Å². The van der Waals surface area contributed by atoms with Crippen molar-refractivity contribution in [3.63, 3.8) is 0 Å². The molecule has 0 radical (unpaired) electrons. The van der Waals surface area contributed by atoms with E-state index in [1.165, 1.54) is 17.8 Å². The summed E-state index contributed by atoms with van der Waals surface area (Å²) >= 11 is 1.41. The average molecular weight is 339 g/mol. The molecule has 1 aliphatic heterocycles. The Morgan fingerprint density at radius 2 is 2.17 bits per heavy atom. The van der Waals surface area contributed by atoms with Crippen LogP contribution in [0.3, 0.4) is 0 Å². The summed E-state index contributed by atoms with van der Waals surface area (Å²) in [6.07, 6.45) is 0.561. The first-order valence-electron chi connectivity index (χ1n) is 6.93. The van der Waals surface area contributed by atoms with E-state index in [9.17, 15) is 14.7 Å². The SMILES string of the molecule is C[C@]1(OC=O)CSC(c2ccc(OCCCOC=O)cc2O)=N1. The largest absolute Gasteiger partial charge is 0.507 e. The molecule has 0 aromatic heterocycles. The fourth-order valence-corrected chi connectivity index (χ4v) is 3.07. The second-order valence-corrected chi connectivity index (χ2v) is 5.91. The van der Waals surface area contributed by atoms with Gasteiger partial charge < -0.3 is 19.3 Å². The van der Waals surface area contributed by atoms with E-state index in [2.05, 4.69) is 9.73 Å². The van der Waals surface area contributed by atoms with E-state index in [1.807, 2.05) is 0 Å². The molecule has 0 saturated carbocycles. The zero-order valence-electron chi connectivity index (χ0n) is 12.6. The minimum atomic E-state index is -0.901. The van der Waals surface area contributed by atoms with Gasteiger partial charge in [0.15, 0.2) is 0 Å². The first-order valence-corrected chi connectivity index (χ1v) is 7.92. The van der Waals surface area contributed by atoms with Crippen LogP contribution in [-0.4, -0.2) is 47.8 Å². The van der Waals surface area contributed by atoms with Crippen molar-refractivity contribution in [3.8, 4) is 11.5 Å². The second kappa shape index (κ2) is 7.87. The Balaban J connectivity index is 2.00. The third kappa shape index (κ3) is 4.62. The second-order valence-electron chi connectivity index (χ2n) is 4.94. The average Bonchev–Trinajstić information content (AvgIpc) is 2.89. The molecule has 1 aromatic carbocycles. The highest BCUT2D eigenvalue weighted by atomic mass is 32.2. The monoisotopic (exact) mass is 339 g/mol. The van der Waals surface area contributed by atoms with E-state index in [1.54, 1.807) is 19.1 Å². The van der Waals surface area contributed by atoms with Crippen LogP contribution in [0, 0.1) is 0 Å². The number of phenolic OH excluding ortho intramolecular Hbond substituents is 1. The molecule has 8 heteroatoms. The molecule has 2 rings (SSSR count). The Hall–Kier alpha value is -2.22. The summed E-state index contributed by atoms with van der Waals surface area (Å²) in [4.78, 5) is 24.8. The number of phenols is 1. The summed E-state index contributed by atoms with van der Waals surface area (Å²) in [5, 5.41) is 10.7. The molecule has 23 heavy (non-hydrogen) atoms. The number of rotatable bonds is 9. The predicted octanol–water partition coefficient (Wildman–Crippen LogP) is 1.72. The lowest BCUT2D eigenvalue weighted by molar-refractivity contribution is -0.138. The topological polar surface area (TPSA) is 94.4 Å². The quantitative estimate of drug-likeness (QED) is 0.540. The van der Waals surface area contributed by atoms with Crippen LogP contribution >= 0.6 is 11.8 Å².